The molecule has 0 heterocycles. The molecule has 5 heteroatoms. The number of aliphatic carboxylic acids is 1. The Labute approximate surface area is 167 Å². The fraction of sp³-hybridized carbons (Fsp3) is 0.391. The van der Waals surface area contributed by atoms with E-state index in [1.54, 1.807) is 25.1 Å². The van der Waals surface area contributed by atoms with Crippen LogP contribution in [0.5, 0.6) is 5.75 Å². The van der Waals surface area contributed by atoms with Crippen LogP contribution in [0.25, 0.3) is 0 Å². The molecular weight excluding hydrogens is 354 g/mol. The molecule has 1 unspecified atom stereocenters. The van der Waals surface area contributed by atoms with E-state index in [4.69, 9.17) is 9.84 Å². The molecule has 0 aliphatic heterocycles. The summed E-state index contributed by atoms with van der Waals surface area (Å²) in [7, 11) is 0. The van der Waals surface area contributed by atoms with Crippen LogP contribution in [-0.2, 0) is 22.4 Å². The van der Waals surface area contributed by atoms with E-state index in [2.05, 4.69) is 29.6 Å². The number of carboxylic acid groups (broad SMARTS) is 1. The summed E-state index contributed by atoms with van der Waals surface area (Å²) in [5.41, 5.74) is 3.26. The highest BCUT2D eigenvalue weighted by molar-refractivity contribution is 5.77. The summed E-state index contributed by atoms with van der Waals surface area (Å²) in [6.07, 6.45) is 1.20. The van der Waals surface area contributed by atoms with E-state index in [1.165, 1.54) is 11.1 Å². The van der Waals surface area contributed by atoms with Gasteiger partial charge in [0.2, 0.25) is 0 Å². The number of amides is 1. The van der Waals surface area contributed by atoms with Gasteiger partial charge in [0.05, 0.1) is 5.92 Å². The Bertz CT molecular complexity index is 741. The van der Waals surface area contributed by atoms with E-state index >= 15 is 0 Å². The lowest BCUT2D eigenvalue weighted by molar-refractivity contribution is -0.141. The van der Waals surface area contributed by atoms with Gasteiger partial charge >= 0.3 is 5.97 Å². The molecule has 152 valence electrons. The lowest BCUT2D eigenvalue weighted by Crippen LogP contribution is -2.30. The summed E-state index contributed by atoms with van der Waals surface area (Å²) < 4.78 is 5.51. The smallest absolute Gasteiger partial charge is 0.306 e. The van der Waals surface area contributed by atoms with Gasteiger partial charge in [-0.2, -0.15) is 0 Å². The van der Waals surface area contributed by atoms with Crippen molar-refractivity contribution >= 4 is 11.9 Å². The summed E-state index contributed by atoms with van der Waals surface area (Å²) in [6.45, 7) is 8.20. The lowest BCUT2D eigenvalue weighted by atomic mass is 10.0. The van der Waals surface area contributed by atoms with Crippen molar-refractivity contribution in [2.75, 3.05) is 13.2 Å². The Kier molecular flexibility index (Phi) is 10.4. The second kappa shape index (κ2) is 12.5. The monoisotopic (exact) mass is 385 g/mol. The number of hydrogen-bond donors (Lipinski definition) is 2. The number of rotatable bonds is 9. The van der Waals surface area contributed by atoms with Gasteiger partial charge in [0.1, 0.15) is 5.75 Å². The topological polar surface area (TPSA) is 75.6 Å². The minimum Gasteiger partial charge on any atom is -0.484 e. The Morgan fingerprint density at radius 2 is 1.75 bits per heavy atom. The van der Waals surface area contributed by atoms with E-state index in [-0.39, 0.29) is 12.5 Å². The molecule has 2 aromatic carbocycles. The molecule has 0 spiro atoms. The van der Waals surface area contributed by atoms with Crippen LogP contribution < -0.4 is 10.1 Å². The molecule has 2 rings (SSSR count). The molecule has 28 heavy (non-hydrogen) atoms. The van der Waals surface area contributed by atoms with Crippen molar-refractivity contribution in [1.82, 2.24) is 5.32 Å². The lowest BCUT2D eigenvalue weighted by Gasteiger charge is -2.10. The van der Waals surface area contributed by atoms with Crippen LogP contribution in [0.4, 0.5) is 0 Å². The SMILES string of the molecule is CC.Cc1ccc(CCNC(=O)COc2cccc(CC(C)C(=O)O)c2)cc1. The summed E-state index contributed by atoms with van der Waals surface area (Å²) >= 11 is 0. The quantitative estimate of drug-likeness (QED) is 0.683. The zero-order valence-corrected chi connectivity index (χ0v) is 17.2. The Balaban J connectivity index is 0.00000190. The fourth-order valence-electron chi connectivity index (χ4n) is 2.50. The Morgan fingerprint density at radius 3 is 2.39 bits per heavy atom. The van der Waals surface area contributed by atoms with Gasteiger partial charge in [0.25, 0.3) is 5.91 Å². The average Bonchev–Trinajstić information content (AvgIpc) is 2.69. The Morgan fingerprint density at radius 1 is 1.07 bits per heavy atom. The van der Waals surface area contributed by atoms with Crippen LogP contribution in [0.2, 0.25) is 0 Å². The van der Waals surface area contributed by atoms with Gasteiger partial charge in [-0.05, 0) is 43.0 Å². The molecule has 0 aromatic heterocycles. The number of aryl methyl sites for hydroxylation is 1. The first kappa shape index (κ1) is 23.2. The van der Waals surface area contributed by atoms with E-state index in [1.807, 2.05) is 26.8 Å². The summed E-state index contributed by atoms with van der Waals surface area (Å²) in [5, 5.41) is 11.8. The molecule has 0 saturated heterocycles. The number of carbonyl (C=O) groups is 2. The summed E-state index contributed by atoms with van der Waals surface area (Å²) in [5.74, 6) is -0.908. The first-order valence-corrected chi connectivity index (χ1v) is 9.71. The predicted octanol–water partition coefficient (Wildman–Crippen LogP) is 4.02. The van der Waals surface area contributed by atoms with Crippen LogP contribution in [0, 0.1) is 12.8 Å². The Hall–Kier alpha value is -2.82. The first-order valence-electron chi connectivity index (χ1n) is 9.71. The van der Waals surface area contributed by atoms with Crippen LogP contribution in [-0.4, -0.2) is 30.1 Å². The van der Waals surface area contributed by atoms with Gasteiger partial charge in [0.15, 0.2) is 6.61 Å². The van der Waals surface area contributed by atoms with Crippen molar-refractivity contribution in [2.24, 2.45) is 5.92 Å². The maximum Gasteiger partial charge on any atom is 0.306 e. The zero-order chi connectivity index (χ0) is 20.9. The van der Waals surface area contributed by atoms with Gasteiger partial charge < -0.3 is 15.2 Å². The maximum atomic E-state index is 11.9. The van der Waals surface area contributed by atoms with Gasteiger partial charge in [0, 0.05) is 6.54 Å². The molecule has 0 aliphatic rings. The van der Waals surface area contributed by atoms with Crippen LogP contribution >= 0.6 is 0 Å². The third-order valence-electron chi connectivity index (χ3n) is 4.09. The highest BCUT2D eigenvalue weighted by Crippen LogP contribution is 2.16. The second-order valence-electron chi connectivity index (χ2n) is 6.47. The van der Waals surface area contributed by atoms with Crippen molar-refractivity contribution in [3.8, 4) is 5.75 Å². The predicted molar refractivity (Wildman–Crippen MR) is 112 cm³/mol. The zero-order valence-electron chi connectivity index (χ0n) is 17.2. The summed E-state index contributed by atoms with van der Waals surface area (Å²) in [6, 6.07) is 15.4. The van der Waals surface area contributed by atoms with Crippen LogP contribution in [0.15, 0.2) is 48.5 Å². The molecule has 2 aromatic rings. The number of carboxylic acids is 1. The molecule has 1 amide bonds. The number of hydrogen-bond acceptors (Lipinski definition) is 3. The number of benzene rings is 2. The third kappa shape index (κ3) is 8.71. The second-order valence-corrected chi connectivity index (χ2v) is 6.47. The van der Waals surface area contributed by atoms with E-state index in [9.17, 15) is 9.59 Å². The molecule has 1 atom stereocenters. The molecule has 0 radical (unpaired) electrons. The fourth-order valence-corrected chi connectivity index (χ4v) is 2.50. The van der Waals surface area contributed by atoms with Gasteiger partial charge in [-0.25, -0.2) is 0 Å². The first-order chi connectivity index (χ1) is 13.4. The average molecular weight is 386 g/mol. The number of ether oxygens (including phenoxy) is 1. The van der Waals surface area contributed by atoms with Crippen molar-refractivity contribution in [3.05, 3.63) is 65.2 Å². The minimum atomic E-state index is -0.829. The van der Waals surface area contributed by atoms with E-state index < -0.39 is 11.9 Å². The molecule has 0 bridgehead atoms. The maximum absolute atomic E-state index is 11.9. The molecule has 0 aliphatic carbocycles. The minimum absolute atomic E-state index is 0.0637. The number of nitrogens with one attached hydrogen (secondary N) is 1. The molecule has 0 saturated carbocycles. The van der Waals surface area contributed by atoms with E-state index in [0.29, 0.717) is 18.7 Å². The normalized spacial score (nSPS) is 11.0. The van der Waals surface area contributed by atoms with Crippen molar-refractivity contribution in [3.63, 3.8) is 0 Å². The van der Waals surface area contributed by atoms with Crippen molar-refractivity contribution in [1.29, 1.82) is 0 Å². The standard InChI is InChI=1S/C21H25NO4.C2H6/c1-15-6-8-17(9-7-15)10-11-22-20(23)14-26-19-5-3-4-18(13-19)12-16(2)21(24)25;1-2/h3-9,13,16H,10-12,14H2,1-2H3,(H,22,23)(H,24,25);1-2H3. The molecule has 5 nitrogen and oxygen atoms in total. The largest absolute Gasteiger partial charge is 0.484 e. The summed E-state index contributed by atoms with van der Waals surface area (Å²) in [4.78, 5) is 22.8. The van der Waals surface area contributed by atoms with Gasteiger partial charge in [-0.3, -0.25) is 9.59 Å². The highest BCUT2D eigenvalue weighted by atomic mass is 16.5. The number of carbonyl (C=O) groups excluding carboxylic acids is 1. The van der Waals surface area contributed by atoms with Crippen LogP contribution in [0.1, 0.15) is 37.5 Å². The van der Waals surface area contributed by atoms with Gasteiger partial charge in [-0.15, -0.1) is 0 Å². The van der Waals surface area contributed by atoms with Crippen molar-refractivity contribution in [2.45, 2.75) is 40.5 Å². The third-order valence-corrected chi connectivity index (χ3v) is 4.09. The highest BCUT2D eigenvalue weighted by Gasteiger charge is 2.12. The van der Waals surface area contributed by atoms with Gasteiger partial charge in [-0.1, -0.05) is 62.7 Å². The van der Waals surface area contributed by atoms with Crippen molar-refractivity contribution < 1.29 is 19.4 Å². The molecule has 2 N–H and O–H groups in total. The van der Waals surface area contributed by atoms with E-state index in [0.717, 1.165) is 12.0 Å². The van der Waals surface area contributed by atoms with Crippen LogP contribution in [0.3, 0.4) is 0 Å². The molecular formula is C23H31NO4. The molecule has 0 fully saturated rings.